The minimum absolute atomic E-state index is 0.154. The highest BCUT2D eigenvalue weighted by Gasteiger charge is 1.92. The summed E-state index contributed by atoms with van der Waals surface area (Å²) in [5.41, 5.74) is 4.80. The van der Waals surface area contributed by atoms with Crippen molar-refractivity contribution in [1.82, 2.24) is 0 Å². The molecule has 0 aromatic rings. The number of nitrogens with zero attached hydrogens (tertiary/aromatic N) is 1. The molecule has 0 radical (unpaired) electrons. The van der Waals surface area contributed by atoms with Gasteiger partial charge in [-0.15, -0.1) is 0 Å². The first-order chi connectivity index (χ1) is 3.31. The molecule has 40 valence electrons. The number of carbonyl (C=O) groups excluding carboxylic acids is 1. The first-order valence-electron chi connectivity index (χ1n) is 1.67. The van der Waals surface area contributed by atoms with Gasteiger partial charge in [-0.3, -0.25) is 0 Å². The summed E-state index contributed by atoms with van der Waals surface area (Å²) in [6.45, 7) is 2.75. The number of carbonyl (C=O) groups is 1. The Labute approximate surface area is 40.9 Å². The van der Waals surface area contributed by atoms with Gasteiger partial charge in [-0.05, 0) is 0 Å². The molecule has 0 aliphatic carbocycles. The Morgan fingerprint density at radius 1 is 2.00 bits per heavy atom. The second kappa shape index (κ2) is 3.30. The van der Waals surface area contributed by atoms with E-state index in [1.807, 2.05) is 0 Å². The predicted molar refractivity (Wildman–Crippen MR) is 24.7 cm³/mol. The third-order valence-corrected chi connectivity index (χ3v) is 0.333. The van der Waals surface area contributed by atoms with E-state index in [2.05, 4.69) is 16.7 Å². The molecule has 0 fully saturated rings. The van der Waals surface area contributed by atoms with E-state index < -0.39 is 5.97 Å². The van der Waals surface area contributed by atoms with E-state index in [9.17, 15) is 4.79 Å². The first kappa shape index (κ1) is 6.10. The van der Waals surface area contributed by atoms with Crippen LogP contribution in [0.2, 0.25) is 0 Å². The highest BCUT2D eigenvalue weighted by Crippen LogP contribution is 1.69. The second-order valence-electron chi connectivity index (χ2n) is 0.797. The van der Waals surface area contributed by atoms with Crippen LogP contribution >= 0.6 is 0 Å². The fourth-order valence-corrected chi connectivity index (χ4v) is 0.109. The van der Waals surface area contributed by atoms with Crippen LogP contribution in [-0.4, -0.2) is 19.2 Å². The van der Waals surface area contributed by atoms with Gasteiger partial charge in [0.2, 0.25) is 0 Å². The van der Waals surface area contributed by atoms with Crippen molar-refractivity contribution in [3.05, 3.63) is 0 Å². The fraction of sp³-hybridized carbons (Fsp3) is 0.333. The van der Waals surface area contributed by atoms with Crippen LogP contribution < -0.4 is 5.73 Å². The van der Waals surface area contributed by atoms with E-state index in [0.717, 1.165) is 0 Å². The van der Waals surface area contributed by atoms with Crippen LogP contribution in [0.4, 0.5) is 0 Å². The third kappa shape index (κ3) is 2.92. The fourth-order valence-electron chi connectivity index (χ4n) is 0.109. The van der Waals surface area contributed by atoms with Crippen LogP contribution in [0.15, 0.2) is 5.16 Å². The molecule has 0 aromatic heterocycles. The molecular weight excluding hydrogens is 96.0 g/mol. The molecule has 0 atom stereocenters. The normalized spacial score (nSPS) is 7.57. The Hall–Kier alpha value is -0.900. The van der Waals surface area contributed by atoms with Crippen molar-refractivity contribution in [3.63, 3.8) is 0 Å². The van der Waals surface area contributed by atoms with Crippen LogP contribution in [0, 0.1) is 0 Å². The Bertz CT molecular complexity index is 81.0. The van der Waals surface area contributed by atoms with Crippen molar-refractivity contribution in [1.29, 1.82) is 0 Å². The lowest BCUT2D eigenvalue weighted by molar-refractivity contribution is -0.141. The zero-order valence-corrected chi connectivity index (χ0v) is 3.76. The van der Waals surface area contributed by atoms with Crippen molar-refractivity contribution >= 4 is 12.7 Å². The zero-order valence-electron chi connectivity index (χ0n) is 3.76. The quantitative estimate of drug-likeness (QED) is 0.279. The lowest BCUT2D eigenvalue weighted by Crippen LogP contribution is -2.13. The lowest BCUT2D eigenvalue weighted by atomic mass is 10.7. The molecule has 0 spiro atoms. The van der Waals surface area contributed by atoms with Crippen LogP contribution in [0.5, 0.6) is 0 Å². The summed E-state index contributed by atoms with van der Waals surface area (Å²) in [6.07, 6.45) is 0. The lowest BCUT2D eigenvalue weighted by Gasteiger charge is -1.86. The summed E-state index contributed by atoms with van der Waals surface area (Å²) in [4.78, 5) is 13.9. The van der Waals surface area contributed by atoms with E-state index in [1.165, 1.54) is 0 Å². The van der Waals surface area contributed by atoms with Crippen molar-refractivity contribution in [2.75, 3.05) is 6.54 Å². The van der Waals surface area contributed by atoms with E-state index in [4.69, 9.17) is 5.73 Å². The molecule has 4 nitrogen and oxygen atoms in total. The van der Waals surface area contributed by atoms with Gasteiger partial charge < -0.3 is 10.6 Å². The van der Waals surface area contributed by atoms with Gasteiger partial charge in [-0.2, -0.15) is 0 Å². The average molecular weight is 102 g/mol. The largest absolute Gasteiger partial charge is 0.348 e. The highest BCUT2D eigenvalue weighted by molar-refractivity contribution is 5.71. The molecule has 4 heteroatoms. The van der Waals surface area contributed by atoms with Crippen LogP contribution in [-0.2, 0) is 9.63 Å². The van der Waals surface area contributed by atoms with Gasteiger partial charge in [-0.25, -0.2) is 4.79 Å². The monoisotopic (exact) mass is 102 g/mol. The number of rotatable bonds is 2. The molecule has 0 unspecified atom stereocenters. The summed E-state index contributed by atoms with van der Waals surface area (Å²) in [7, 11) is 0. The molecule has 0 aliphatic rings. The van der Waals surface area contributed by atoms with Gasteiger partial charge >= 0.3 is 5.97 Å². The number of oxime groups is 1. The van der Waals surface area contributed by atoms with Crippen LogP contribution in [0.3, 0.4) is 0 Å². The maximum atomic E-state index is 9.93. The Morgan fingerprint density at radius 3 is 2.71 bits per heavy atom. The molecule has 0 rings (SSSR count). The summed E-state index contributed by atoms with van der Waals surface area (Å²) >= 11 is 0. The zero-order chi connectivity index (χ0) is 5.70. The predicted octanol–water partition coefficient (Wildman–Crippen LogP) is -0.896. The van der Waals surface area contributed by atoms with Crippen LogP contribution in [0.25, 0.3) is 0 Å². The maximum Gasteiger partial charge on any atom is 0.348 e. The van der Waals surface area contributed by atoms with Crippen LogP contribution in [0.1, 0.15) is 0 Å². The molecule has 0 saturated carbocycles. The van der Waals surface area contributed by atoms with Crippen molar-refractivity contribution in [2.24, 2.45) is 10.9 Å². The Balaban J connectivity index is 3.17. The number of hydrogen-bond acceptors (Lipinski definition) is 4. The van der Waals surface area contributed by atoms with Gasteiger partial charge in [0.05, 0.1) is 6.54 Å². The minimum Gasteiger partial charge on any atom is -0.321 e. The van der Waals surface area contributed by atoms with Gasteiger partial charge in [0.1, 0.15) is 0 Å². The Kier molecular flexibility index (Phi) is 2.87. The van der Waals surface area contributed by atoms with E-state index >= 15 is 0 Å². The smallest absolute Gasteiger partial charge is 0.321 e. The standard InChI is InChI=1S/C3H6N2O2/c1-5-7-3(6)2-4/h1-2,4H2. The highest BCUT2D eigenvalue weighted by atomic mass is 16.7. The maximum absolute atomic E-state index is 9.93. The van der Waals surface area contributed by atoms with Crippen molar-refractivity contribution in [3.8, 4) is 0 Å². The number of hydrogen-bond donors (Lipinski definition) is 1. The van der Waals surface area contributed by atoms with Crippen molar-refractivity contribution in [2.45, 2.75) is 0 Å². The molecule has 0 aliphatic heterocycles. The Morgan fingerprint density at radius 2 is 2.57 bits per heavy atom. The average Bonchev–Trinajstić information content (AvgIpc) is 1.68. The first-order valence-corrected chi connectivity index (χ1v) is 1.67. The molecular formula is C3H6N2O2. The topological polar surface area (TPSA) is 64.7 Å². The summed E-state index contributed by atoms with van der Waals surface area (Å²) in [5.74, 6) is -0.574. The molecule has 0 saturated heterocycles. The van der Waals surface area contributed by atoms with Gasteiger partial charge in [0.25, 0.3) is 0 Å². The third-order valence-electron chi connectivity index (χ3n) is 0.333. The minimum atomic E-state index is -0.574. The molecule has 0 aromatic carbocycles. The summed E-state index contributed by atoms with van der Waals surface area (Å²) in [6, 6.07) is 0. The summed E-state index contributed by atoms with van der Waals surface area (Å²) in [5, 5.41) is 2.83. The molecule has 0 bridgehead atoms. The summed E-state index contributed by atoms with van der Waals surface area (Å²) < 4.78 is 0. The molecule has 0 heterocycles. The van der Waals surface area contributed by atoms with Gasteiger partial charge in [0, 0.05) is 6.72 Å². The van der Waals surface area contributed by atoms with Gasteiger partial charge in [-0.1, -0.05) is 5.16 Å². The SMILES string of the molecule is C=NOC(=O)CN. The molecule has 2 N–H and O–H groups in total. The van der Waals surface area contributed by atoms with Gasteiger partial charge in [0.15, 0.2) is 0 Å². The molecule has 7 heavy (non-hydrogen) atoms. The van der Waals surface area contributed by atoms with E-state index in [0.29, 0.717) is 0 Å². The number of nitrogens with two attached hydrogens (primary N) is 1. The molecule has 0 amide bonds. The van der Waals surface area contributed by atoms with Crippen molar-refractivity contribution < 1.29 is 9.63 Å². The second-order valence-corrected chi connectivity index (χ2v) is 0.797. The van der Waals surface area contributed by atoms with E-state index in [1.54, 1.807) is 0 Å². The van der Waals surface area contributed by atoms with E-state index in [-0.39, 0.29) is 6.54 Å².